The van der Waals surface area contributed by atoms with Gasteiger partial charge in [0, 0.05) is 18.8 Å². The number of aliphatic carboxylic acids is 1. The van der Waals surface area contributed by atoms with Gasteiger partial charge in [-0.05, 0) is 19.3 Å². The van der Waals surface area contributed by atoms with Crippen molar-refractivity contribution in [3.05, 3.63) is 0 Å². The lowest BCUT2D eigenvalue weighted by Crippen LogP contribution is -2.32. The number of carboxylic acid groups (broad SMARTS) is 1. The van der Waals surface area contributed by atoms with Gasteiger partial charge in [-0.3, -0.25) is 4.79 Å². The van der Waals surface area contributed by atoms with Crippen LogP contribution in [0.5, 0.6) is 0 Å². The van der Waals surface area contributed by atoms with Crippen LogP contribution >= 0.6 is 0 Å². The number of alkyl halides is 2. The summed E-state index contributed by atoms with van der Waals surface area (Å²) < 4.78 is 26.3. The molecule has 1 saturated carbocycles. The summed E-state index contributed by atoms with van der Waals surface area (Å²) in [5.41, 5.74) is 0. The lowest BCUT2D eigenvalue weighted by Gasteiger charge is -2.30. The molecule has 1 aliphatic carbocycles. The summed E-state index contributed by atoms with van der Waals surface area (Å²) in [7, 11) is 0. The molecule has 13 heavy (non-hydrogen) atoms. The Hall–Kier alpha value is -0.670. The second-order valence-corrected chi connectivity index (χ2v) is 3.64. The van der Waals surface area contributed by atoms with Gasteiger partial charge < -0.3 is 5.11 Å². The summed E-state index contributed by atoms with van der Waals surface area (Å²) in [6.45, 7) is 0. The summed E-state index contributed by atoms with van der Waals surface area (Å²) >= 11 is 0. The summed E-state index contributed by atoms with van der Waals surface area (Å²) in [6.07, 6.45) is 1.75. The summed E-state index contributed by atoms with van der Waals surface area (Å²) in [6, 6.07) is 0. The van der Waals surface area contributed by atoms with Gasteiger partial charge in [0.25, 0.3) is 5.92 Å². The van der Waals surface area contributed by atoms with Crippen molar-refractivity contribution < 1.29 is 18.7 Å². The van der Waals surface area contributed by atoms with Crippen molar-refractivity contribution >= 4 is 5.97 Å². The Morgan fingerprint density at radius 3 is 2.69 bits per heavy atom. The highest BCUT2D eigenvalue weighted by molar-refractivity contribution is 5.66. The first-order valence-corrected chi connectivity index (χ1v) is 4.62. The Labute approximate surface area is 75.9 Å². The van der Waals surface area contributed by atoms with E-state index in [4.69, 9.17) is 5.11 Å². The van der Waals surface area contributed by atoms with Gasteiger partial charge in [-0.2, -0.15) is 0 Å². The number of hydrogen-bond donors (Lipinski definition) is 1. The fourth-order valence-corrected chi connectivity index (χ4v) is 1.82. The first-order valence-electron chi connectivity index (χ1n) is 4.62. The van der Waals surface area contributed by atoms with Crippen LogP contribution in [0.2, 0.25) is 0 Å². The third-order valence-corrected chi connectivity index (χ3v) is 2.62. The SMILES string of the molecule is O=C(O)CCC1CCCCC1(F)F. The predicted octanol–water partition coefficient (Wildman–Crippen LogP) is 2.68. The normalized spacial score (nSPS) is 27.1. The standard InChI is InChI=1S/C9H14F2O2/c10-9(11)6-2-1-3-7(9)4-5-8(12)13/h7H,1-6H2,(H,12,13). The van der Waals surface area contributed by atoms with Gasteiger partial charge >= 0.3 is 5.97 Å². The Balaban J connectivity index is 2.41. The molecule has 0 aromatic carbocycles. The molecule has 1 fully saturated rings. The molecule has 1 unspecified atom stereocenters. The van der Waals surface area contributed by atoms with Crippen LogP contribution in [-0.4, -0.2) is 17.0 Å². The maximum Gasteiger partial charge on any atom is 0.303 e. The number of carboxylic acids is 1. The second-order valence-electron chi connectivity index (χ2n) is 3.64. The highest BCUT2D eigenvalue weighted by Crippen LogP contribution is 2.40. The van der Waals surface area contributed by atoms with Crippen LogP contribution in [-0.2, 0) is 4.79 Å². The minimum absolute atomic E-state index is 0.0721. The smallest absolute Gasteiger partial charge is 0.303 e. The first-order chi connectivity index (χ1) is 6.02. The average molecular weight is 192 g/mol. The molecule has 1 rings (SSSR count). The van der Waals surface area contributed by atoms with Crippen LogP contribution in [0.4, 0.5) is 8.78 Å². The van der Waals surface area contributed by atoms with Crippen molar-refractivity contribution in [2.24, 2.45) is 5.92 Å². The van der Waals surface area contributed by atoms with E-state index in [1.807, 2.05) is 0 Å². The molecule has 0 amide bonds. The lowest BCUT2D eigenvalue weighted by atomic mass is 9.83. The second kappa shape index (κ2) is 4.03. The molecule has 0 aliphatic heterocycles. The molecule has 2 nitrogen and oxygen atoms in total. The van der Waals surface area contributed by atoms with Crippen molar-refractivity contribution in [3.8, 4) is 0 Å². The van der Waals surface area contributed by atoms with Crippen LogP contribution in [0.3, 0.4) is 0 Å². The molecule has 0 heterocycles. The van der Waals surface area contributed by atoms with E-state index in [-0.39, 0.29) is 19.3 Å². The minimum Gasteiger partial charge on any atom is -0.481 e. The third kappa shape index (κ3) is 2.94. The van der Waals surface area contributed by atoms with E-state index in [0.717, 1.165) is 6.42 Å². The molecule has 1 N–H and O–H groups in total. The maximum absolute atomic E-state index is 13.1. The monoisotopic (exact) mass is 192 g/mol. The van der Waals surface area contributed by atoms with E-state index in [0.29, 0.717) is 12.8 Å². The topological polar surface area (TPSA) is 37.3 Å². The molecule has 76 valence electrons. The zero-order valence-electron chi connectivity index (χ0n) is 7.43. The molecule has 0 saturated heterocycles. The largest absolute Gasteiger partial charge is 0.481 e. The Morgan fingerprint density at radius 1 is 1.46 bits per heavy atom. The molecule has 0 bridgehead atoms. The zero-order chi connectivity index (χ0) is 9.90. The van der Waals surface area contributed by atoms with Crippen LogP contribution in [0.15, 0.2) is 0 Å². The molecule has 0 aromatic rings. The van der Waals surface area contributed by atoms with E-state index < -0.39 is 17.8 Å². The van der Waals surface area contributed by atoms with Crippen molar-refractivity contribution in [2.75, 3.05) is 0 Å². The lowest BCUT2D eigenvalue weighted by molar-refractivity contribution is -0.139. The number of halogens is 2. The van der Waals surface area contributed by atoms with E-state index in [1.165, 1.54) is 0 Å². The van der Waals surface area contributed by atoms with Crippen LogP contribution in [0.25, 0.3) is 0 Å². The molecule has 0 radical (unpaired) electrons. The quantitative estimate of drug-likeness (QED) is 0.746. The highest BCUT2D eigenvalue weighted by atomic mass is 19.3. The zero-order valence-corrected chi connectivity index (χ0v) is 7.43. The molecule has 1 atom stereocenters. The van der Waals surface area contributed by atoms with Gasteiger partial charge in [-0.1, -0.05) is 6.42 Å². The van der Waals surface area contributed by atoms with Gasteiger partial charge in [-0.25, -0.2) is 8.78 Å². The van der Waals surface area contributed by atoms with Crippen LogP contribution in [0, 0.1) is 5.92 Å². The summed E-state index contributed by atoms with van der Waals surface area (Å²) in [5.74, 6) is -4.33. The number of carbonyl (C=O) groups is 1. The molecular weight excluding hydrogens is 178 g/mol. The first kappa shape index (κ1) is 10.4. The van der Waals surface area contributed by atoms with Crippen LogP contribution < -0.4 is 0 Å². The van der Waals surface area contributed by atoms with Gasteiger partial charge in [0.05, 0.1) is 0 Å². The average Bonchev–Trinajstić information content (AvgIpc) is 2.01. The summed E-state index contributed by atoms with van der Waals surface area (Å²) in [5, 5.41) is 8.37. The predicted molar refractivity (Wildman–Crippen MR) is 43.8 cm³/mol. The summed E-state index contributed by atoms with van der Waals surface area (Å²) in [4.78, 5) is 10.2. The van der Waals surface area contributed by atoms with Gasteiger partial charge in [0.1, 0.15) is 0 Å². The van der Waals surface area contributed by atoms with E-state index in [2.05, 4.69) is 0 Å². The molecule has 4 heteroatoms. The van der Waals surface area contributed by atoms with Crippen molar-refractivity contribution in [1.29, 1.82) is 0 Å². The molecule has 0 aromatic heterocycles. The highest BCUT2D eigenvalue weighted by Gasteiger charge is 2.40. The Morgan fingerprint density at radius 2 is 2.15 bits per heavy atom. The van der Waals surface area contributed by atoms with E-state index in [9.17, 15) is 13.6 Å². The van der Waals surface area contributed by atoms with Crippen LogP contribution in [0.1, 0.15) is 38.5 Å². The minimum atomic E-state index is -2.63. The van der Waals surface area contributed by atoms with Gasteiger partial charge in [0.2, 0.25) is 0 Å². The van der Waals surface area contributed by atoms with E-state index in [1.54, 1.807) is 0 Å². The Bertz CT molecular complexity index is 192. The fourth-order valence-electron chi connectivity index (χ4n) is 1.82. The van der Waals surface area contributed by atoms with Gasteiger partial charge in [0.15, 0.2) is 0 Å². The van der Waals surface area contributed by atoms with Gasteiger partial charge in [-0.15, -0.1) is 0 Å². The van der Waals surface area contributed by atoms with Crippen molar-refractivity contribution in [2.45, 2.75) is 44.4 Å². The number of hydrogen-bond acceptors (Lipinski definition) is 1. The number of rotatable bonds is 3. The maximum atomic E-state index is 13.1. The molecule has 0 spiro atoms. The molecule has 1 aliphatic rings. The van der Waals surface area contributed by atoms with E-state index >= 15 is 0 Å². The Kier molecular flexibility index (Phi) is 3.22. The van der Waals surface area contributed by atoms with Crippen molar-refractivity contribution in [1.82, 2.24) is 0 Å². The van der Waals surface area contributed by atoms with Crippen molar-refractivity contribution in [3.63, 3.8) is 0 Å². The fraction of sp³-hybridized carbons (Fsp3) is 0.889. The third-order valence-electron chi connectivity index (χ3n) is 2.62. The molecular formula is C9H14F2O2.